The molecule has 0 radical (unpaired) electrons. The number of non-ortho nitro benzene ring substituents is 1. The number of nitro benzene ring substituents is 1. The summed E-state index contributed by atoms with van der Waals surface area (Å²) in [6.07, 6.45) is 0. The molecule has 1 aromatic carbocycles. The minimum absolute atomic E-state index is 0.0382. The zero-order valence-corrected chi connectivity index (χ0v) is 9.66. The van der Waals surface area contributed by atoms with Crippen LogP contribution in [0.25, 0.3) is 0 Å². The summed E-state index contributed by atoms with van der Waals surface area (Å²) in [5.41, 5.74) is 1.44. The van der Waals surface area contributed by atoms with Crippen LogP contribution in [0.15, 0.2) is 42.5 Å². The molecule has 0 amide bonds. The number of nitro groups is 1. The maximum Gasteiger partial charge on any atom is 0.269 e. The van der Waals surface area contributed by atoms with E-state index in [9.17, 15) is 14.9 Å². The molecule has 5 nitrogen and oxygen atoms in total. The number of benzene rings is 1. The van der Waals surface area contributed by atoms with Crippen molar-refractivity contribution in [2.75, 3.05) is 0 Å². The number of hydrogen-bond donors (Lipinski definition) is 0. The highest BCUT2D eigenvalue weighted by atomic mass is 16.6. The Labute approximate surface area is 103 Å². The van der Waals surface area contributed by atoms with Gasteiger partial charge >= 0.3 is 0 Å². The van der Waals surface area contributed by atoms with Crippen molar-refractivity contribution >= 4 is 11.5 Å². The fourth-order valence-corrected chi connectivity index (χ4v) is 1.55. The lowest BCUT2D eigenvalue weighted by atomic mass is 10.1. The maximum atomic E-state index is 12.0. The van der Waals surface area contributed by atoms with Gasteiger partial charge in [-0.2, -0.15) is 0 Å². The van der Waals surface area contributed by atoms with Crippen LogP contribution in [0, 0.1) is 17.0 Å². The van der Waals surface area contributed by atoms with Crippen LogP contribution in [0.5, 0.6) is 0 Å². The Bertz CT molecular complexity index is 606. The smallest absolute Gasteiger partial charge is 0.269 e. The third-order valence-electron chi connectivity index (χ3n) is 2.46. The molecule has 0 bridgehead atoms. The van der Waals surface area contributed by atoms with Gasteiger partial charge in [-0.25, -0.2) is 4.98 Å². The second-order valence-corrected chi connectivity index (χ2v) is 3.80. The lowest BCUT2D eigenvalue weighted by Crippen LogP contribution is -2.04. The molecule has 0 aliphatic heterocycles. The zero-order chi connectivity index (χ0) is 13.1. The van der Waals surface area contributed by atoms with Crippen molar-refractivity contribution < 1.29 is 9.72 Å². The van der Waals surface area contributed by atoms with E-state index in [4.69, 9.17) is 0 Å². The van der Waals surface area contributed by atoms with Crippen LogP contribution in [0.2, 0.25) is 0 Å². The highest BCUT2D eigenvalue weighted by Gasteiger charge is 2.12. The maximum absolute atomic E-state index is 12.0. The van der Waals surface area contributed by atoms with Gasteiger partial charge < -0.3 is 0 Å². The molecule has 1 heterocycles. The van der Waals surface area contributed by atoms with Gasteiger partial charge in [-0.15, -0.1) is 0 Å². The lowest BCUT2D eigenvalue weighted by molar-refractivity contribution is -0.384. The number of carbonyl (C=O) groups is 1. The van der Waals surface area contributed by atoms with Crippen LogP contribution in [-0.2, 0) is 0 Å². The first kappa shape index (κ1) is 11.9. The predicted molar refractivity (Wildman–Crippen MR) is 65.5 cm³/mol. The van der Waals surface area contributed by atoms with Crippen LogP contribution < -0.4 is 0 Å². The quantitative estimate of drug-likeness (QED) is 0.471. The molecular weight excluding hydrogens is 232 g/mol. The third kappa shape index (κ3) is 2.40. The molecule has 0 aliphatic carbocycles. The molecule has 2 rings (SSSR count). The van der Waals surface area contributed by atoms with Gasteiger partial charge in [0.05, 0.1) is 4.92 Å². The molecule has 0 unspecified atom stereocenters. The van der Waals surface area contributed by atoms with Gasteiger partial charge in [0.2, 0.25) is 5.78 Å². The van der Waals surface area contributed by atoms with E-state index in [1.165, 1.54) is 24.3 Å². The van der Waals surface area contributed by atoms with Crippen molar-refractivity contribution in [3.63, 3.8) is 0 Å². The molecule has 90 valence electrons. The molecule has 0 saturated carbocycles. The number of aromatic nitrogens is 1. The van der Waals surface area contributed by atoms with E-state index in [1.807, 2.05) is 0 Å². The fraction of sp³-hybridized carbons (Fsp3) is 0.0769. The van der Waals surface area contributed by atoms with Gasteiger partial charge in [-0.3, -0.25) is 14.9 Å². The standard InChI is InChI=1S/C13H10N2O3/c1-9-3-2-4-12(14-9)13(16)10-5-7-11(8-6-10)15(17)18/h2-8H,1H3. The van der Waals surface area contributed by atoms with Gasteiger partial charge in [0.25, 0.3) is 5.69 Å². The van der Waals surface area contributed by atoms with Crippen molar-refractivity contribution in [2.45, 2.75) is 6.92 Å². The summed E-state index contributed by atoms with van der Waals surface area (Å²) in [7, 11) is 0. The number of hydrogen-bond acceptors (Lipinski definition) is 4. The SMILES string of the molecule is Cc1cccc(C(=O)c2ccc([N+](=O)[O-])cc2)n1. The Morgan fingerprint density at radius 2 is 1.83 bits per heavy atom. The molecule has 0 aliphatic rings. The molecule has 0 N–H and O–H groups in total. The minimum atomic E-state index is -0.501. The van der Waals surface area contributed by atoms with Crippen LogP contribution in [-0.4, -0.2) is 15.7 Å². The fourth-order valence-electron chi connectivity index (χ4n) is 1.55. The molecule has 0 spiro atoms. The summed E-state index contributed by atoms with van der Waals surface area (Å²) >= 11 is 0. The summed E-state index contributed by atoms with van der Waals surface area (Å²) in [4.78, 5) is 26.2. The lowest BCUT2D eigenvalue weighted by Gasteiger charge is -2.01. The Morgan fingerprint density at radius 3 is 2.39 bits per heavy atom. The number of aryl methyl sites for hydroxylation is 1. The topological polar surface area (TPSA) is 73.1 Å². The molecule has 0 saturated heterocycles. The van der Waals surface area contributed by atoms with E-state index in [0.29, 0.717) is 11.3 Å². The van der Waals surface area contributed by atoms with Crippen LogP contribution in [0.1, 0.15) is 21.7 Å². The second-order valence-electron chi connectivity index (χ2n) is 3.80. The molecule has 2 aromatic rings. The minimum Gasteiger partial charge on any atom is -0.287 e. The summed E-state index contributed by atoms with van der Waals surface area (Å²) in [5, 5.41) is 10.5. The first-order valence-electron chi connectivity index (χ1n) is 5.31. The first-order valence-corrected chi connectivity index (χ1v) is 5.31. The normalized spacial score (nSPS) is 10.1. The van der Waals surface area contributed by atoms with E-state index in [0.717, 1.165) is 5.69 Å². The van der Waals surface area contributed by atoms with E-state index < -0.39 is 4.92 Å². The van der Waals surface area contributed by atoms with Gasteiger partial charge in [0, 0.05) is 23.4 Å². The van der Waals surface area contributed by atoms with Crippen molar-refractivity contribution in [2.24, 2.45) is 0 Å². The van der Waals surface area contributed by atoms with Gasteiger partial charge in [0.15, 0.2) is 0 Å². The molecule has 0 atom stereocenters. The Kier molecular flexibility index (Phi) is 3.14. The predicted octanol–water partition coefficient (Wildman–Crippen LogP) is 2.53. The Morgan fingerprint density at radius 1 is 1.17 bits per heavy atom. The highest BCUT2D eigenvalue weighted by Crippen LogP contribution is 2.14. The van der Waals surface area contributed by atoms with Crippen LogP contribution in [0.3, 0.4) is 0 Å². The summed E-state index contributed by atoms with van der Waals surface area (Å²) in [5.74, 6) is -0.242. The van der Waals surface area contributed by atoms with E-state index >= 15 is 0 Å². The van der Waals surface area contributed by atoms with Crippen molar-refractivity contribution in [1.82, 2.24) is 4.98 Å². The third-order valence-corrected chi connectivity index (χ3v) is 2.46. The summed E-state index contributed by atoms with van der Waals surface area (Å²) in [6.45, 7) is 1.80. The molecular formula is C13H10N2O3. The Hall–Kier alpha value is -2.56. The number of rotatable bonds is 3. The summed E-state index contributed by atoms with van der Waals surface area (Å²) in [6, 6.07) is 10.7. The number of carbonyl (C=O) groups excluding carboxylic acids is 1. The first-order chi connectivity index (χ1) is 8.58. The monoisotopic (exact) mass is 242 g/mol. The number of nitrogens with zero attached hydrogens (tertiary/aromatic N) is 2. The van der Waals surface area contributed by atoms with Crippen molar-refractivity contribution in [1.29, 1.82) is 0 Å². The second kappa shape index (κ2) is 4.75. The molecule has 5 heteroatoms. The van der Waals surface area contributed by atoms with Gasteiger partial charge in [-0.05, 0) is 31.2 Å². The molecule has 1 aromatic heterocycles. The van der Waals surface area contributed by atoms with Gasteiger partial charge in [0.1, 0.15) is 5.69 Å². The summed E-state index contributed by atoms with van der Waals surface area (Å²) < 4.78 is 0. The van der Waals surface area contributed by atoms with E-state index in [2.05, 4.69) is 4.98 Å². The Balaban J connectivity index is 2.32. The average molecular weight is 242 g/mol. The molecule has 18 heavy (non-hydrogen) atoms. The zero-order valence-electron chi connectivity index (χ0n) is 9.66. The van der Waals surface area contributed by atoms with Gasteiger partial charge in [-0.1, -0.05) is 6.07 Å². The highest BCUT2D eigenvalue weighted by molar-refractivity contribution is 6.07. The van der Waals surface area contributed by atoms with Crippen LogP contribution in [0.4, 0.5) is 5.69 Å². The number of pyridine rings is 1. The van der Waals surface area contributed by atoms with Crippen LogP contribution >= 0.6 is 0 Å². The largest absolute Gasteiger partial charge is 0.287 e. The van der Waals surface area contributed by atoms with Crippen molar-refractivity contribution in [3.8, 4) is 0 Å². The van der Waals surface area contributed by atoms with Crippen molar-refractivity contribution in [3.05, 3.63) is 69.5 Å². The number of ketones is 1. The molecule has 0 fully saturated rings. The van der Waals surface area contributed by atoms with E-state index in [-0.39, 0.29) is 11.5 Å². The average Bonchev–Trinajstić information content (AvgIpc) is 2.38. The van der Waals surface area contributed by atoms with E-state index in [1.54, 1.807) is 25.1 Å².